The summed E-state index contributed by atoms with van der Waals surface area (Å²) in [6.45, 7) is 0. The Morgan fingerprint density at radius 1 is 0.966 bits per heavy atom. The van der Waals surface area contributed by atoms with Crippen LogP contribution >= 0.6 is 0 Å². The summed E-state index contributed by atoms with van der Waals surface area (Å²) in [5.74, 6) is -3.28. The van der Waals surface area contributed by atoms with Crippen molar-refractivity contribution < 1.29 is 35.9 Å². The molecule has 1 atom stereocenters. The van der Waals surface area contributed by atoms with E-state index in [1.165, 1.54) is 40.4 Å². The predicted molar refractivity (Wildman–Crippen MR) is 95.9 cm³/mol. The first-order valence-corrected chi connectivity index (χ1v) is 9.59. The molecule has 0 bridgehead atoms. The molecule has 0 unspecified atom stereocenters. The van der Waals surface area contributed by atoms with E-state index in [-0.39, 0.29) is 0 Å². The maximum atomic E-state index is 13.9. The van der Waals surface area contributed by atoms with E-state index in [1.54, 1.807) is 18.2 Å². The number of carbonyl (C=O) groups excluding carboxylic acids is 2. The third-order valence-corrected chi connectivity index (χ3v) is 5.26. The topological polar surface area (TPSA) is 102 Å². The van der Waals surface area contributed by atoms with Gasteiger partial charge in [0.25, 0.3) is 0 Å². The third-order valence-electron chi connectivity index (χ3n) is 3.79. The molecule has 11 heteroatoms. The number of carbonyl (C=O) groups is 2. The summed E-state index contributed by atoms with van der Waals surface area (Å²) >= 11 is 0. The first kappa shape index (κ1) is 22.4. The molecule has 2 N–H and O–H groups in total. The second kappa shape index (κ2) is 8.62. The van der Waals surface area contributed by atoms with Crippen LogP contribution in [0.4, 0.5) is 13.2 Å². The van der Waals surface area contributed by atoms with E-state index < -0.39 is 45.1 Å². The number of halogens is 3. The van der Waals surface area contributed by atoms with Crippen molar-refractivity contribution in [2.75, 3.05) is 7.11 Å². The average molecular weight is 430 g/mol. The Labute approximate surface area is 164 Å². The highest BCUT2D eigenvalue weighted by Gasteiger charge is 2.65. The minimum Gasteiger partial charge on any atom is -0.466 e. The SMILES string of the molecule is COC(=O)[C@](NC(=O)Cc1ccccc1)(NS(=O)(=O)c1ccccc1)C(F)(F)F. The van der Waals surface area contributed by atoms with Gasteiger partial charge in [0.2, 0.25) is 15.9 Å². The Balaban J connectivity index is 2.45. The lowest BCUT2D eigenvalue weighted by molar-refractivity contribution is -0.215. The van der Waals surface area contributed by atoms with Crippen molar-refractivity contribution in [1.82, 2.24) is 10.0 Å². The summed E-state index contributed by atoms with van der Waals surface area (Å²) in [5.41, 5.74) is -3.65. The van der Waals surface area contributed by atoms with E-state index in [0.717, 1.165) is 12.1 Å². The molecule has 2 aromatic carbocycles. The molecule has 0 radical (unpaired) electrons. The molecule has 2 aromatic rings. The van der Waals surface area contributed by atoms with Crippen LogP contribution in [0, 0.1) is 0 Å². The lowest BCUT2D eigenvalue weighted by atomic mass is 10.1. The molecule has 0 fully saturated rings. The molecule has 0 aliphatic carbocycles. The lowest BCUT2D eigenvalue weighted by Gasteiger charge is -2.33. The maximum Gasteiger partial charge on any atom is 0.437 e. The van der Waals surface area contributed by atoms with Gasteiger partial charge in [0.15, 0.2) is 0 Å². The zero-order valence-corrected chi connectivity index (χ0v) is 15.9. The van der Waals surface area contributed by atoms with Crippen molar-refractivity contribution in [3.05, 3.63) is 66.2 Å². The number of sulfonamides is 1. The Morgan fingerprint density at radius 3 is 1.97 bits per heavy atom. The molecule has 0 heterocycles. The molecule has 0 saturated carbocycles. The molecular formula is C18H17F3N2O5S. The molecule has 156 valence electrons. The number of rotatable bonds is 7. The van der Waals surface area contributed by atoms with Gasteiger partial charge in [-0.05, 0) is 17.7 Å². The van der Waals surface area contributed by atoms with Crippen LogP contribution in [0.15, 0.2) is 65.6 Å². The molecule has 0 aliphatic rings. The van der Waals surface area contributed by atoms with Crippen molar-refractivity contribution in [2.24, 2.45) is 0 Å². The zero-order valence-electron chi connectivity index (χ0n) is 15.1. The molecule has 0 aromatic heterocycles. The van der Waals surface area contributed by atoms with Gasteiger partial charge in [-0.1, -0.05) is 48.5 Å². The Hall–Kier alpha value is -2.92. The molecule has 2 rings (SSSR count). The monoisotopic (exact) mass is 430 g/mol. The van der Waals surface area contributed by atoms with Gasteiger partial charge in [0.05, 0.1) is 18.4 Å². The van der Waals surface area contributed by atoms with Crippen LogP contribution in [0.3, 0.4) is 0 Å². The molecular weight excluding hydrogens is 413 g/mol. The minimum atomic E-state index is -5.55. The van der Waals surface area contributed by atoms with Crippen molar-refractivity contribution in [3.8, 4) is 0 Å². The first-order valence-electron chi connectivity index (χ1n) is 8.11. The van der Waals surface area contributed by atoms with Crippen LogP contribution in [0.2, 0.25) is 0 Å². The van der Waals surface area contributed by atoms with Gasteiger partial charge in [0, 0.05) is 0 Å². The zero-order chi connectivity index (χ0) is 21.7. The van der Waals surface area contributed by atoms with Gasteiger partial charge in [-0.3, -0.25) is 4.79 Å². The summed E-state index contributed by atoms with van der Waals surface area (Å²) in [6, 6.07) is 13.9. The van der Waals surface area contributed by atoms with E-state index in [1.807, 2.05) is 0 Å². The van der Waals surface area contributed by atoms with Gasteiger partial charge < -0.3 is 10.1 Å². The highest BCUT2D eigenvalue weighted by Crippen LogP contribution is 2.31. The molecule has 0 aliphatic heterocycles. The standard InChI is InChI=1S/C18H17F3N2O5S/c1-28-16(25)17(18(19,20)21,22-15(24)12-13-8-4-2-5-9-13)23-29(26,27)14-10-6-3-7-11-14/h2-11,23H,12H2,1H3,(H,22,24)/t17-/m0/s1. The number of amides is 1. The predicted octanol–water partition coefficient (Wildman–Crippen LogP) is 1.76. The van der Waals surface area contributed by atoms with Gasteiger partial charge in [-0.25, -0.2) is 13.2 Å². The Morgan fingerprint density at radius 2 is 1.48 bits per heavy atom. The van der Waals surface area contributed by atoms with Crippen LogP contribution in [0.25, 0.3) is 0 Å². The largest absolute Gasteiger partial charge is 0.466 e. The minimum absolute atomic E-state index is 0.358. The van der Waals surface area contributed by atoms with Gasteiger partial charge in [-0.2, -0.15) is 17.9 Å². The Kier molecular flexibility index (Phi) is 6.65. The quantitative estimate of drug-likeness (QED) is 0.515. The van der Waals surface area contributed by atoms with Crippen LogP contribution in [0.1, 0.15) is 5.56 Å². The van der Waals surface area contributed by atoms with Crippen molar-refractivity contribution >= 4 is 21.9 Å². The summed E-state index contributed by atoms with van der Waals surface area (Å²) in [5, 5.41) is 1.47. The van der Waals surface area contributed by atoms with Gasteiger partial charge in [-0.15, -0.1) is 0 Å². The van der Waals surface area contributed by atoms with Crippen molar-refractivity contribution in [2.45, 2.75) is 23.2 Å². The van der Waals surface area contributed by atoms with E-state index in [4.69, 9.17) is 0 Å². The van der Waals surface area contributed by atoms with Crippen LogP contribution in [-0.4, -0.2) is 39.2 Å². The highest BCUT2D eigenvalue weighted by molar-refractivity contribution is 7.89. The van der Waals surface area contributed by atoms with Crippen molar-refractivity contribution in [3.63, 3.8) is 0 Å². The van der Waals surface area contributed by atoms with Crippen LogP contribution in [0.5, 0.6) is 0 Å². The lowest BCUT2D eigenvalue weighted by Crippen LogP contribution is -2.73. The van der Waals surface area contributed by atoms with E-state index in [2.05, 4.69) is 4.74 Å². The highest BCUT2D eigenvalue weighted by atomic mass is 32.2. The second-order valence-corrected chi connectivity index (χ2v) is 7.55. The number of nitrogens with one attached hydrogen (secondary N) is 2. The van der Waals surface area contributed by atoms with Gasteiger partial charge in [0.1, 0.15) is 0 Å². The molecule has 29 heavy (non-hydrogen) atoms. The third kappa shape index (κ3) is 5.12. The number of hydrogen-bond acceptors (Lipinski definition) is 5. The fourth-order valence-corrected chi connectivity index (χ4v) is 3.70. The number of hydrogen-bond donors (Lipinski definition) is 2. The summed E-state index contributed by atoms with van der Waals surface area (Å²) < 4.78 is 72.2. The number of alkyl halides is 3. The smallest absolute Gasteiger partial charge is 0.437 e. The average Bonchev–Trinajstić information content (AvgIpc) is 2.67. The fourth-order valence-electron chi connectivity index (χ4n) is 2.41. The molecule has 7 nitrogen and oxygen atoms in total. The summed E-state index contributed by atoms with van der Waals surface area (Å²) in [6.07, 6.45) is -6.07. The number of ether oxygens (including phenoxy) is 1. The number of benzene rings is 2. The Bertz CT molecular complexity index is 966. The van der Waals surface area contributed by atoms with E-state index in [9.17, 15) is 31.2 Å². The normalized spacial score (nSPS) is 13.9. The van der Waals surface area contributed by atoms with Crippen LogP contribution in [-0.2, 0) is 30.8 Å². The van der Waals surface area contributed by atoms with Crippen LogP contribution < -0.4 is 10.0 Å². The van der Waals surface area contributed by atoms with Crippen molar-refractivity contribution in [1.29, 1.82) is 0 Å². The molecule has 1 amide bonds. The first-order chi connectivity index (χ1) is 13.5. The number of esters is 1. The fraction of sp³-hybridized carbons (Fsp3) is 0.222. The summed E-state index contributed by atoms with van der Waals surface area (Å²) in [7, 11) is -4.22. The number of methoxy groups -OCH3 is 1. The second-order valence-electron chi connectivity index (χ2n) is 5.87. The van der Waals surface area contributed by atoms with E-state index >= 15 is 0 Å². The molecule has 0 saturated heterocycles. The maximum absolute atomic E-state index is 13.9. The van der Waals surface area contributed by atoms with E-state index in [0.29, 0.717) is 12.7 Å². The van der Waals surface area contributed by atoms with Gasteiger partial charge >= 0.3 is 17.8 Å². The molecule has 0 spiro atoms. The summed E-state index contributed by atoms with van der Waals surface area (Å²) in [4.78, 5) is 23.8.